The van der Waals surface area contributed by atoms with Crippen LogP contribution in [0, 0.1) is 17.8 Å². The Labute approximate surface area is 225 Å². The maximum atomic E-state index is 11.7. The van der Waals surface area contributed by atoms with Crippen molar-refractivity contribution < 1.29 is 9.63 Å². The zero-order valence-electron chi connectivity index (χ0n) is 21.6. The number of halogens is 1. The SMILES string of the molecule is CC1CCC(Cn2c(C(O)C3CCCCC3)nc3nc(-c4noc(=O)[nH]4)nc(-c4cccc(Cl)c4)c32)CC1. The minimum absolute atomic E-state index is 0.130. The van der Waals surface area contributed by atoms with Crippen molar-refractivity contribution in [2.24, 2.45) is 17.8 Å². The van der Waals surface area contributed by atoms with Gasteiger partial charge in [0.1, 0.15) is 23.1 Å². The van der Waals surface area contributed by atoms with Gasteiger partial charge < -0.3 is 9.67 Å². The van der Waals surface area contributed by atoms with Crippen LogP contribution in [0.15, 0.2) is 33.6 Å². The molecule has 1 atom stereocenters. The number of hydrogen-bond acceptors (Lipinski definition) is 7. The third kappa shape index (κ3) is 5.01. The number of aliphatic hydroxyl groups is 1. The van der Waals surface area contributed by atoms with Crippen LogP contribution in [-0.2, 0) is 6.54 Å². The topological polar surface area (TPSA) is 123 Å². The summed E-state index contributed by atoms with van der Waals surface area (Å²) in [7, 11) is 0. The number of benzene rings is 1. The number of aromatic nitrogens is 6. The highest BCUT2D eigenvalue weighted by molar-refractivity contribution is 6.30. The fourth-order valence-electron chi connectivity index (χ4n) is 6.16. The minimum atomic E-state index is -0.686. The number of nitrogens with zero attached hydrogens (tertiary/aromatic N) is 5. The lowest BCUT2D eigenvalue weighted by Crippen LogP contribution is -2.23. The lowest BCUT2D eigenvalue weighted by atomic mass is 9.82. The Balaban J connectivity index is 1.55. The van der Waals surface area contributed by atoms with E-state index in [0.29, 0.717) is 28.1 Å². The van der Waals surface area contributed by atoms with Gasteiger partial charge in [0.25, 0.3) is 0 Å². The summed E-state index contributed by atoms with van der Waals surface area (Å²) in [6.07, 6.45) is 9.46. The molecule has 0 bridgehead atoms. The average Bonchev–Trinajstić information content (AvgIpc) is 3.53. The van der Waals surface area contributed by atoms with Crippen LogP contribution in [0.4, 0.5) is 0 Å². The molecule has 38 heavy (non-hydrogen) atoms. The number of H-pyrrole nitrogens is 1. The number of imidazole rings is 1. The van der Waals surface area contributed by atoms with Crippen LogP contribution < -0.4 is 5.76 Å². The summed E-state index contributed by atoms with van der Waals surface area (Å²) in [5.74, 6) is 1.70. The van der Waals surface area contributed by atoms with Gasteiger partial charge in [0.2, 0.25) is 11.6 Å². The summed E-state index contributed by atoms with van der Waals surface area (Å²) in [5, 5.41) is 16.1. The standard InChI is InChI=1S/C28H33ClN6O3/c1-16-10-12-17(13-11-16)15-35-22-21(19-8-5-9-20(29)14-19)30-25(26-33-28(37)38-34-26)31-24(22)32-27(35)23(36)18-6-3-2-4-7-18/h5,8-9,14,16-18,23,36H,2-4,6-7,10-13,15H2,1H3,(H,33,34,37). The van der Waals surface area contributed by atoms with Crippen molar-refractivity contribution in [3.8, 4) is 22.9 Å². The van der Waals surface area contributed by atoms with Crippen molar-refractivity contribution in [1.29, 1.82) is 0 Å². The summed E-state index contributed by atoms with van der Waals surface area (Å²) in [5.41, 5.74) is 2.66. The lowest BCUT2D eigenvalue weighted by Gasteiger charge is -2.30. The Morgan fingerprint density at radius 1 is 1.11 bits per heavy atom. The fraction of sp³-hybridized carbons (Fsp3) is 0.536. The molecular weight excluding hydrogens is 504 g/mol. The zero-order chi connectivity index (χ0) is 26.2. The molecule has 0 spiro atoms. The van der Waals surface area contributed by atoms with E-state index in [1.165, 1.54) is 19.3 Å². The smallest absolute Gasteiger partial charge is 0.385 e. The number of aliphatic hydroxyl groups excluding tert-OH is 1. The fourth-order valence-corrected chi connectivity index (χ4v) is 6.35. The maximum Gasteiger partial charge on any atom is 0.439 e. The molecule has 0 radical (unpaired) electrons. The molecule has 2 saturated carbocycles. The molecule has 2 N–H and O–H groups in total. The number of rotatable bonds is 6. The van der Waals surface area contributed by atoms with Crippen molar-refractivity contribution in [2.45, 2.75) is 77.4 Å². The Bertz CT molecular complexity index is 1480. The molecular formula is C28H33ClN6O3. The molecule has 1 unspecified atom stereocenters. The number of fused-ring (bicyclic) bond motifs is 1. The zero-order valence-corrected chi connectivity index (χ0v) is 22.3. The molecule has 200 valence electrons. The van der Waals surface area contributed by atoms with Gasteiger partial charge in [0.15, 0.2) is 5.65 Å². The van der Waals surface area contributed by atoms with Crippen molar-refractivity contribution in [3.63, 3.8) is 0 Å². The van der Waals surface area contributed by atoms with E-state index in [1.807, 2.05) is 24.3 Å². The number of nitrogens with one attached hydrogen (secondary N) is 1. The molecule has 2 fully saturated rings. The number of hydrogen-bond donors (Lipinski definition) is 2. The van der Waals surface area contributed by atoms with E-state index in [1.54, 1.807) is 0 Å². The highest BCUT2D eigenvalue weighted by atomic mass is 35.5. The molecule has 4 aromatic rings. The Hall–Kier alpha value is -3.04. The van der Waals surface area contributed by atoms with Gasteiger partial charge in [-0.1, -0.05) is 67.9 Å². The third-order valence-corrected chi connectivity index (χ3v) is 8.55. The lowest BCUT2D eigenvalue weighted by molar-refractivity contribution is 0.0730. The second kappa shape index (κ2) is 10.6. The predicted molar refractivity (Wildman–Crippen MR) is 145 cm³/mol. The van der Waals surface area contributed by atoms with Crippen molar-refractivity contribution >= 4 is 22.8 Å². The van der Waals surface area contributed by atoms with Crippen molar-refractivity contribution in [3.05, 3.63) is 45.7 Å². The van der Waals surface area contributed by atoms with E-state index in [-0.39, 0.29) is 17.6 Å². The second-order valence-corrected chi connectivity index (χ2v) is 11.5. The van der Waals surface area contributed by atoms with E-state index < -0.39 is 11.9 Å². The quantitative estimate of drug-likeness (QED) is 0.313. The van der Waals surface area contributed by atoms with Gasteiger partial charge in [-0.15, -0.1) is 0 Å². The first-order valence-corrected chi connectivity index (χ1v) is 14.1. The minimum Gasteiger partial charge on any atom is -0.385 e. The molecule has 0 aliphatic heterocycles. The first kappa shape index (κ1) is 25.2. The van der Waals surface area contributed by atoms with Gasteiger partial charge in [0, 0.05) is 17.1 Å². The van der Waals surface area contributed by atoms with Gasteiger partial charge in [-0.05, 0) is 55.6 Å². The highest BCUT2D eigenvalue weighted by Gasteiger charge is 2.31. The molecule has 9 nitrogen and oxygen atoms in total. The molecule has 1 aromatic carbocycles. The molecule has 10 heteroatoms. The largest absolute Gasteiger partial charge is 0.439 e. The Kier molecular flexibility index (Phi) is 7.05. The predicted octanol–water partition coefficient (Wildman–Crippen LogP) is 5.93. The summed E-state index contributed by atoms with van der Waals surface area (Å²) < 4.78 is 6.89. The summed E-state index contributed by atoms with van der Waals surface area (Å²) in [4.78, 5) is 28.7. The van der Waals surface area contributed by atoms with E-state index in [9.17, 15) is 9.90 Å². The van der Waals surface area contributed by atoms with E-state index in [0.717, 1.165) is 62.1 Å². The van der Waals surface area contributed by atoms with E-state index >= 15 is 0 Å². The van der Waals surface area contributed by atoms with Crippen LogP contribution in [0.5, 0.6) is 0 Å². The maximum absolute atomic E-state index is 11.7. The first-order chi connectivity index (χ1) is 18.5. The first-order valence-electron chi connectivity index (χ1n) is 13.7. The summed E-state index contributed by atoms with van der Waals surface area (Å²) in [6.45, 7) is 3.07. The highest BCUT2D eigenvalue weighted by Crippen LogP contribution is 2.39. The Morgan fingerprint density at radius 3 is 2.61 bits per heavy atom. The van der Waals surface area contributed by atoms with Crippen LogP contribution in [0.3, 0.4) is 0 Å². The van der Waals surface area contributed by atoms with E-state index in [4.69, 9.17) is 31.1 Å². The molecule has 3 heterocycles. The van der Waals surface area contributed by atoms with Crippen LogP contribution in [-0.4, -0.2) is 34.8 Å². The third-order valence-electron chi connectivity index (χ3n) is 8.32. The van der Waals surface area contributed by atoms with Crippen LogP contribution in [0.25, 0.3) is 34.1 Å². The van der Waals surface area contributed by atoms with Crippen LogP contribution in [0.2, 0.25) is 5.02 Å². The summed E-state index contributed by atoms with van der Waals surface area (Å²) >= 11 is 6.39. The summed E-state index contributed by atoms with van der Waals surface area (Å²) in [6, 6.07) is 7.50. The molecule has 3 aromatic heterocycles. The van der Waals surface area contributed by atoms with Gasteiger partial charge >= 0.3 is 5.76 Å². The average molecular weight is 537 g/mol. The molecule has 6 rings (SSSR count). The van der Waals surface area contributed by atoms with Gasteiger partial charge in [0.05, 0.1) is 0 Å². The van der Waals surface area contributed by atoms with Crippen molar-refractivity contribution in [2.75, 3.05) is 0 Å². The van der Waals surface area contributed by atoms with Crippen molar-refractivity contribution in [1.82, 2.24) is 29.7 Å². The van der Waals surface area contributed by atoms with Gasteiger partial charge in [-0.25, -0.2) is 19.7 Å². The molecule has 0 amide bonds. The second-order valence-electron chi connectivity index (χ2n) is 11.1. The van der Waals surface area contributed by atoms with Gasteiger partial charge in [-0.3, -0.25) is 9.51 Å². The Morgan fingerprint density at radius 2 is 1.89 bits per heavy atom. The van der Waals surface area contributed by atoms with E-state index in [2.05, 4.69) is 21.6 Å². The molecule has 2 aliphatic rings. The normalized spacial score (nSPS) is 21.7. The van der Waals surface area contributed by atoms with Gasteiger partial charge in [-0.2, -0.15) is 0 Å². The molecule has 0 saturated heterocycles. The monoisotopic (exact) mass is 536 g/mol. The van der Waals surface area contributed by atoms with Crippen LogP contribution >= 0.6 is 11.6 Å². The van der Waals surface area contributed by atoms with Crippen LogP contribution in [0.1, 0.15) is 76.6 Å². The molecule has 2 aliphatic carbocycles. The number of aromatic amines is 1.